The molecule has 0 aromatic heterocycles. The minimum atomic E-state index is 0.642. The van der Waals surface area contributed by atoms with E-state index < -0.39 is 0 Å². The number of hydrogen-bond acceptors (Lipinski definition) is 1. The van der Waals surface area contributed by atoms with Crippen LogP contribution < -0.4 is 0 Å². The molecular weight excluding hydrogens is 208 g/mol. The van der Waals surface area contributed by atoms with Crippen LogP contribution in [0.2, 0.25) is 0 Å². The van der Waals surface area contributed by atoms with Crippen LogP contribution in [0, 0.1) is 0 Å². The third-order valence-electron chi connectivity index (χ3n) is 2.40. The molecule has 0 fully saturated rings. The molecule has 0 atom stereocenters. The first kappa shape index (κ1) is 13.5. The Bertz CT molecular complexity index is 374. The number of ether oxygens (including phenoxy) is 1. The van der Waals surface area contributed by atoms with Gasteiger partial charge < -0.3 is 4.74 Å². The van der Waals surface area contributed by atoms with Crippen LogP contribution in [-0.4, -0.2) is 6.61 Å². The summed E-state index contributed by atoms with van der Waals surface area (Å²) < 4.78 is 5.55. The Balaban J connectivity index is 2.26. The predicted molar refractivity (Wildman–Crippen MR) is 73.8 cm³/mol. The summed E-state index contributed by atoms with van der Waals surface area (Å²) in [7, 11) is 0. The monoisotopic (exact) mass is 228 g/mol. The van der Waals surface area contributed by atoms with Crippen LogP contribution in [0.1, 0.15) is 18.9 Å². The molecular formula is C16H20O. The zero-order chi connectivity index (χ0) is 12.3. The van der Waals surface area contributed by atoms with Crippen molar-refractivity contribution in [2.75, 3.05) is 6.61 Å². The van der Waals surface area contributed by atoms with Gasteiger partial charge in [-0.1, -0.05) is 68.1 Å². The van der Waals surface area contributed by atoms with Crippen molar-refractivity contribution < 1.29 is 4.74 Å². The largest absolute Gasteiger partial charge is 0.373 e. The van der Waals surface area contributed by atoms with E-state index in [2.05, 4.69) is 31.7 Å². The topological polar surface area (TPSA) is 9.23 Å². The number of hydrogen-bond donors (Lipinski definition) is 0. The lowest BCUT2D eigenvalue weighted by Crippen LogP contribution is -1.92. The zero-order valence-corrected chi connectivity index (χ0v) is 10.4. The highest BCUT2D eigenvalue weighted by Gasteiger charge is 1.89. The second-order valence-electron chi connectivity index (χ2n) is 3.73. The van der Waals surface area contributed by atoms with Crippen LogP contribution in [0.15, 0.2) is 66.8 Å². The minimum absolute atomic E-state index is 0.642. The van der Waals surface area contributed by atoms with Crippen LogP contribution >= 0.6 is 0 Å². The molecule has 1 aromatic rings. The van der Waals surface area contributed by atoms with Crippen LogP contribution in [-0.2, 0) is 11.3 Å². The predicted octanol–water partition coefficient (Wildman–Crippen LogP) is 4.28. The summed E-state index contributed by atoms with van der Waals surface area (Å²) in [6.45, 7) is 7.13. The zero-order valence-electron chi connectivity index (χ0n) is 10.4. The van der Waals surface area contributed by atoms with E-state index in [0.29, 0.717) is 13.2 Å². The standard InChI is InChI=1S/C16H20O/c1-3-9-15(4-2)12-8-13-17-14-16-10-6-5-7-11-16/h3,5-12H,1,4,13-14H2,2H3/b12-8-,15-9-. The molecule has 0 aliphatic carbocycles. The molecule has 1 heteroatoms. The van der Waals surface area contributed by atoms with Crippen LogP contribution in [0.4, 0.5) is 0 Å². The van der Waals surface area contributed by atoms with E-state index in [4.69, 9.17) is 4.74 Å². The molecule has 90 valence electrons. The van der Waals surface area contributed by atoms with Gasteiger partial charge >= 0.3 is 0 Å². The summed E-state index contributed by atoms with van der Waals surface area (Å²) in [5.74, 6) is 0. The molecule has 17 heavy (non-hydrogen) atoms. The minimum Gasteiger partial charge on any atom is -0.373 e. The van der Waals surface area contributed by atoms with E-state index in [0.717, 1.165) is 6.42 Å². The maximum Gasteiger partial charge on any atom is 0.0721 e. The Kier molecular flexibility index (Phi) is 6.76. The molecule has 1 aromatic carbocycles. The van der Waals surface area contributed by atoms with Gasteiger partial charge in [0, 0.05) is 0 Å². The van der Waals surface area contributed by atoms with Crippen molar-refractivity contribution in [3.05, 3.63) is 72.4 Å². The van der Waals surface area contributed by atoms with E-state index in [1.165, 1.54) is 11.1 Å². The highest BCUT2D eigenvalue weighted by atomic mass is 16.5. The van der Waals surface area contributed by atoms with Crippen molar-refractivity contribution in [2.45, 2.75) is 20.0 Å². The molecule has 0 amide bonds. The van der Waals surface area contributed by atoms with Crippen molar-refractivity contribution in [3.8, 4) is 0 Å². The summed E-state index contributed by atoms with van der Waals surface area (Å²) in [6, 6.07) is 10.2. The molecule has 0 saturated heterocycles. The fraction of sp³-hybridized carbons (Fsp3) is 0.250. The third kappa shape index (κ3) is 5.88. The van der Waals surface area contributed by atoms with Gasteiger partial charge in [-0.15, -0.1) is 0 Å². The van der Waals surface area contributed by atoms with Crippen molar-refractivity contribution in [1.82, 2.24) is 0 Å². The van der Waals surface area contributed by atoms with Crippen molar-refractivity contribution >= 4 is 0 Å². The molecule has 0 heterocycles. The summed E-state index contributed by atoms with van der Waals surface area (Å²) in [5.41, 5.74) is 2.47. The molecule has 0 spiro atoms. The van der Waals surface area contributed by atoms with Gasteiger partial charge in [0.1, 0.15) is 0 Å². The fourth-order valence-electron chi connectivity index (χ4n) is 1.46. The first-order valence-corrected chi connectivity index (χ1v) is 5.96. The molecule has 0 unspecified atom stereocenters. The van der Waals surface area contributed by atoms with E-state index in [1.807, 2.05) is 36.4 Å². The van der Waals surface area contributed by atoms with Gasteiger partial charge in [-0.3, -0.25) is 0 Å². The molecule has 0 radical (unpaired) electrons. The van der Waals surface area contributed by atoms with E-state index >= 15 is 0 Å². The van der Waals surface area contributed by atoms with Gasteiger partial charge in [0.25, 0.3) is 0 Å². The smallest absolute Gasteiger partial charge is 0.0721 e. The van der Waals surface area contributed by atoms with Crippen molar-refractivity contribution in [3.63, 3.8) is 0 Å². The Morgan fingerprint density at radius 1 is 1.29 bits per heavy atom. The highest BCUT2D eigenvalue weighted by molar-refractivity contribution is 5.22. The van der Waals surface area contributed by atoms with E-state index in [-0.39, 0.29) is 0 Å². The maximum absolute atomic E-state index is 5.55. The summed E-state index contributed by atoms with van der Waals surface area (Å²) in [5, 5.41) is 0. The Hall–Kier alpha value is -1.60. The quantitative estimate of drug-likeness (QED) is 0.500. The van der Waals surface area contributed by atoms with Gasteiger partial charge in [0.05, 0.1) is 13.2 Å². The second kappa shape index (κ2) is 8.54. The number of rotatable bonds is 7. The van der Waals surface area contributed by atoms with Crippen LogP contribution in [0.25, 0.3) is 0 Å². The number of allylic oxidation sites excluding steroid dienone is 4. The average molecular weight is 228 g/mol. The van der Waals surface area contributed by atoms with Crippen molar-refractivity contribution in [1.29, 1.82) is 0 Å². The summed E-state index contributed by atoms with van der Waals surface area (Å²) in [6.07, 6.45) is 8.98. The van der Waals surface area contributed by atoms with Gasteiger partial charge in [0.2, 0.25) is 0 Å². The Morgan fingerprint density at radius 2 is 2.06 bits per heavy atom. The second-order valence-corrected chi connectivity index (χ2v) is 3.73. The number of benzene rings is 1. The van der Waals surface area contributed by atoms with Gasteiger partial charge in [-0.2, -0.15) is 0 Å². The molecule has 1 nitrogen and oxygen atoms in total. The normalized spacial score (nSPS) is 11.9. The molecule has 0 aliphatic rings. The summed E-state index contributed by atoms with van der Waals surface area (Å²) >= 11 is 0. The van der Waals surface area contributed by atoms with Crippen LogP contribution in [0.5, 0.6) is 0 Å². The Labute approximate surface area is 104 Å². The maximum atomic E-state index is 5.55. The van der Waals surface area contributed by atoms with E-state index in [9.17, 15) is 0 Å². The molecule has 0 N–H and O–H groups in total. The van der Waals surface area contributed by atoms with Gasteiger partial charge in [-0.25, -0.2) is 0 Å². The molecule has 1 rings (SSSR count). The van der Waals surface area contributed by atoms with Crippen LogP contribution in [0.3, 0.4) is 0 Å². The van der Waals surface area contributed by atoms with Crippen molar-refractivity contribution in [2.24, 2.45) is 0 Å². The molecule has 0 bridgehead atoms. The highest BCUT2D eigenvalue weighted by Crippen LogP contribution is 2.03. The third-order valence-corrected chi connectivity index (χ3v) is 2.40. The lowest BCUT2D eigenvalue weighted by atomic mass is 10.2. The van der Waals surface area contributed by atoms with E-state index in [1.54, 1.807) is 0 Å². The summed E-state index contributed by atoms with van der Waals surface area (Å²) in [4.78, 5) is 0. The molecule has 0 saturated carbocycles. The van der Waals surface area contributed by atoms with Gasteiger partial charge in [-0.05, 0) is 17.6 Å². The fourth-order valence-corrected chi connectivity index (χ4v) is 1.46. The first-order valence-electron chi connectivity index (χ1n) is 5.96. The Morgan fingerprint density at radius 3 is 2.71 bits per heavy atom. The molecule has 0 aliphatic heterocycles. The first-order chi connectivity index (χ1) is 8.36. The SMILES string of the molecule is C=C/C=C(\C=C/COCc1ccccc1)CC. The lowest BCUT2D eigenvalue weighted by Gasteiger charge is -2.01. The van der Waals surface area contributed by atoms with Gasteiger partial charge in [0.15, 0.2) is 0 Å². The lowest BCUT2D eigenvalue weighted by molar-refractivity contribution is 0.148. The average Bonchev–Trinajstić information content (AvgIpc) is 2.38.